The minimum atomic E-state index is 0.106. The zero-order valence-electron chi connectivity index (χ0n) is 14.7. The fourth-order valence-corrected chi connectivity index (χ4v) is 3.77. The van der Waals surface area contributed by atoms with Crippen LogP contribution in [0.1, 0.15) is 78.6 Å². The van der Waals surface area contributed by atoms with Crippen molar-refractivity contribution in [3.05, 3.63) is 0 Å². The Hall–Kier alpha value is -0.0800. The lowest BCUT2D eigenvalue weighted by Gasteiger charge is -2.33. The van der Waals surface area contributed by atoms with Crippen LogP contribution in [0.25, 0.3) is 0 Å². The maximum absolute atomic E-state index is 6.31. The molecule has 2 atom stereocenters. The highest BCUT2D eigenvalue weighted by Crippen LogP contribution is 2.49. The van der Waals surface area contributed by atoms with Gasteiger partial charge in [-0.1, -0.05) is 20.3 Å². The lowest BCUT2D eigenvalue weighted by atomic mass is 9.79. The number of ether oxygens (including phenoxy) is 2. The van der Waals surface area contributed by atoms with E-state index in [4.69, 9.17) is 9.47 Å². The predicted octanol–water partition coefficient (Wildman–Crippen LogP) is 5.20. The van der Waals surface area contributed by atoms with E-state index in [1.54, 1.807) is 0 Å². The van der Waals surface area contributed by atoms with Crippen molar-refractivity contribution in [3.8, 4) is 0 Å². The summed E-state index contributed by atoms with van der Waals surface area (Å²) in [6.07, 6.45) is 11.8. The molecular formula is C19H36O2. The lowest BCUT2D eigenvalue weighted by molar-refractivity contribution is -0.0533. The van der Waals surface area contributed by atoms with Gasteiger partial charge >= 0.3 is 0 Å². The molecule has 21 heavy (non-hydrogen) atoms. The van der Waals surface area contributed by atoms with E-state index in [0.717, 1.165) is 25.0 Å². The number of rotatable bonds is 12. The Morgan fingerprint density at radius 2 is 1.71 bits per heavy atom. The molecule has 0 aliphatic heterocycles. The summed E-state index contributed by atoms with van der Waals surface area (Å²) in [5, 5.41) is 0. The molecule has 0 spiro atoms. The van der Waals surface area contributed by atoms with Crippen LogP contribution in [-0.2, 0) is 9.47 Å². The van der Waals surface area contributed by atoms with E-state index in [1.165, 1.54) is 57.8 Å². The summed E-state index contributed by atoms with van der Waals surface area (Å²) in [5.74, 6) is 1.77. The van der Waals surface area contributed by atoms with Gasteiger partial charge in [-0.3, -0.25) is 0 Å². The average molecular weight is 296 g/mol. The Labute approximate surface area is 132 Å². The fourth-order valence-electron chi connectivity index (χ4n) is 3.77. The van der Waals surface area contributed by atoms with Crippen molar-refractivity contribution in [2.24, 2.45) is 17.3 Å². The van der Waals surface area contributed by atoms with E-state index in [-0.39, 0.29) is 5.60 Å². The van der Waals surface area contributed by atoms with Gasteiger partial charge in [-0.05, 0) is 75.5 Å². The van der Waals surface area contributed by atoms with Crippen molar-refractivity contribution in [1.82, 2.24) is 0 Å². The van der Waals surface area contributed by atoms with Gasteiger partial charge in [0, 0.05) is 7.11 Å². The molecule has 2 saturated carbocycles. The molecule has 0 N–H and O–H groups in total. The van der Waals surface area contributed by atoms with Crippen molar-refractivity contribution >= 4 is 0 Å². The van der Waals surface area contributed by atoms with Gasteiger partial charge in [-0.2, -0.15) is 0 Å². The van der Waals surface area contributed by atoms with Gasteiger partial charge in [0.05, 0.1) is 18.8 Å². The first-order valence-corrected chi connectivity index (χ1v) is 9.14. The van der Waals surface area contributed by atoms with Crippen LogP contribution in [0.2, 0.25) is 0 Å². The molecule has 0 heterocycles. The van der Waals surface area contributed by atoms with Gasteiger partial charge in [0.25, 0.3) is 0 Å². The topological polar surface area (TPSA) is 18.5 Å². The fraction of sp³-hybridized carbons (Fsp3) is 1.00. The largest absolute Gasteiger partial charge is 0.384 e. The predicted molar refractivity (Wildman–Crippen MR) is 88.5 cm³/mol. The molecule has 2 fully saturated rings. The minimum Gasteiger partial charge on any atom is -0.384 e. The second-order valence-electron chi connectivity index (χ2n) is 8.17. The first-order chi connectivity index (χ1) is 10.0. The van der Waals surface area contributed by atoms with Crippen molar-refractivity contribution in [3.63, 3.8) is 0 Å². The van der Waals surface area contributed by atoms with Crippen LogP contribution in [-0.4, -0.2) is 25.9 Å². The molecule has 2 aliphatic rings. The van der Waals surface area contributed by atoms with Crippen molar-refractivity contribution in [1.29, 1.82) is 0 Å². The van der Waals surface area contributed by atoms with Gasteiger partial charge in [0.15, 0.2) is 0 Å². The molecule has 0 radical (unpaired) electrons. The van der Waals surface area contributed by atoms with Gasteiger partial charge in [0.2, 0.25) is 0 Å². The molecule has 0 aromatic carbocycles. The second-order valence-corrected chi connectivity index (χ2v) is 8.17. The molecule has 0 aromatic heterocycles. The standard InChI is InChI=1S/C19H36O2/c1-5-11-19(3,21-14-16-7-8-16)13-6-12-18(2,15-20-4)17-9-10-17/h16-17H,5-15H2,1-4H3. The van der Waals surface area contributed by atoms with Crippen molar-refractivity contribution in [2.75, 3.05) is 20.3 Å². The number of methoxy groups -OCH3 is 1. The maximum Gasteiger partial charge on any atom is 0.0654 e. The third kappa shape index (κ3) is 5.56. The zero-order valence-corrected chi connectivity index (χ0v) is 14.7. The number of hydrogen-bond donors (Lipinski definition) is 0. The smallest absolute Gasteiger partial charge is 0.0654 e. The summed E-state index contributed by atoms with van der Waals surface area (Å²) in [5.41, 5.74) is 0.507. The Bertz CT molecular complexity index is 309. The zero-order chi connectivity index (χ0) is 15.3. The first-order valence-electron chi connectivity index (χ1n) is 9.14. The molecule has 0 aromatic rings. The average Bonchev–Trinajstić information content (AvgIpc) is 3.30. The highest BCUT2D eigenvalue weighted by Gasteiger charge is 2.41. The van der Waals surface area contributed by atoms with Crippen LogP contribution >= 0.6 is 0 Å². The molecule has 0 amide bonds. The molecule has 2 rings (SSSR count). The summed E-state index contributed by atoms with van der Waals surface area (Å²) in [7, 11) is 1.85. The molecule has 0 bridgehead atoms. The monoisotopic (exact) mass is 296 g/mol. The van der Waals surface area contributed by atoms with Gasteiger partial charge in [-0.25, -0.2) is 0 Å². The molecular weight excluding hydrogens is 260 g/mol. The van der Waals surface area contributed by atoms with E-state index < -0.39 is 0 Å². The highest BCUT2D eigenvalue weighted by molar-refractivity contribution is 4.91. The van der Waals surface area contributed by atoms with Crippen LogP contribution in [0, 0.1) is 17.3 Å². The van der Waals surface area contributed by atoms with E-state index in [0.29, 0.717) is 5.41 Å². The number of hydrogen-bond acceptors (Lipinski definition) is 2. The Morgan fingerprint density at radius 3 is 2.24 bits per heavy atom. The van der Waals surface area contributed by atoms with Crippen LogP contribution < -0.4 is 0 Å². The quantitative estimate of drug-likeness (QED) is 0.492. The van der Waals surface area contributed by atoms with Crippen LogP contribution in [0.4, 0.5) is 0 Å². The maximum atomic E-state index is 6.31. The molecule has 2 nitrogen and oxygen atoms in total. The van der Waals surface area contributed by atoms with E-state index in [9.17, 15) is 0 Å². The Balaban J connectivity index is 1.76. The van der Waals surface area contributed by atoms with Gasteiger partial charge in [-0.15, -0.1) is 0 Å². The molecule has 2 aliphatic carbocycles. The van der Waals surface area contributed by atoms with Gasteiger partial charge in [0.1, 0.15) is 0 Å². The van der Waals surface area contributed by atoms with Gasteiger partial charge < -0.3 is 9.47 Å². The highest BCUT2D eigenvalue weighted by atomic mass is 16.5. The third-order valence-corrected chi connectivity index (χ3v) is 5.63. The van der Waals surface area contributed by atoms with Crippen LogP contribution in [0.15, 0.2) is 0 Å². The SMILES string of the molecule is CCCC(C)(CCCC(C)(COC)C1CC1)OCC1CC1. The lowest BCUT2D eigenvalue weighted by Crippen LogP contribution is -2.31. The Kier molecular flexibility index (Phi) is 6.14. The molecule has 0 saturated heterocycles. The van der Waals surface area contributed by atoms with Crippen molar-refractivity contribution in [2.45, 2.75) is 84.2 Å². The normalized spacial score (nSPS) is 24.6. The summed E-state index contributed by atoms with van der Waals surface area (Å²) in [6, 6.07) is 0. The molecule has 2 heteroatoms. The summed E-state index contributed by atoms with van der Waals surface area (Å²) >= 11 is 0. The Morgan fingerprint density at radius 1 is 1.00 bits per heavy atom. The minimum absolute atomic E-state index is 0.106. The second kappa shape index (κ2) is 7.46. The van der Waals surface area contributed by atoms with E-state index in [2.05, 4.69) is 20.8 Å². The summed E-state index contributed by atoms with van der Waals surface area (Å²) in [4.78, 5) is 0. The summed E-state index contributed by atoms with van der Waals surface area (Å²) < 4.78 is 11.8. The van der Waals surface area contributed by atoms with Crippen molar-refractivity contribution < 1.29 is 9.47 Å². The van der Waals surface area contributed by atoms with Crippen LogP contribution in [0.3, 0.4) is 0 Å². The van der Waals surface area contributed by atoms with E-state index >= 15 is 0 Å². The third-order valence-electron chi connectivity index (χ3n) is 5.63. The molecule has 2 unspecified atom stereocenters. The first kappa shape index (κ1) is 17.3. The van der Waals surface area contributed by atoms with Crippen LogP contribution in [0.5, 0.6) is 0 Å². The molecule has 124 valence electrons. The summed E-state index contributed by atoms with van der Waals surface area (Å²) in [6.45, 7) is 8.96. The van der Waals surface area contributed by atoms with E-state index in [1.807, 2.05) is 7.11 Å².